The largest absolute Gasteiger partial charge is 0.508 e. The van der Waals surface area contributed by atoms with E-state index in [0.717, 1.165) is 21.1 Å². The Kier molecular flexibility index (Phi) is 9.44. The number of hydrogen-bond donors (Lipinski definition) is 2. The molecule has 57 heavy (non-hydrogen) atoms. The number of aromatic nitrogens is 1. The summed E-state index contributed by atoms with van der Waals surface area (Å²) in [6, 6.07) is 19.2. The number of imide groups is 2. The van der Waals surface area contributed by atoms with E-state index >= 15 is 4.79 Å². The molecule has 17 heteroatoms. The van der Waals surface area contributed by atoms with Crippen LogP contribution >= 0.6 is 34.8 Å². The van der Waals surface area contributed by atoms with Crippen molar-refractivity contribution in [3.8, 4) is 11.5 Å². The number of hydrogen-bond acceptors (Lipinski definition) is 9. The van der Waals surface area contributed by atoms with Gasteiger partial charge in [-0.2, -0.15) is 23.2 Å². The molecule has 2 N–H and O–H groups in total. The number of pyridine rings is 1. The van der Waals surface area contributed by atoms with Gasteiger partial charge >= 0.3 is 6.18 Å². The van der Waals surface area contributed by atoms with Gasteiger partial charge in [0.05, 0.1) is 46.0 Å². The van der Waals surface area contributed by atoms with E-state index in [1.165, 1.54) is 38.4 Å². The number of carbonyl (C=O) groups is 4. The summed E-state index contributed by atoms with van der Waals surface area (Å²) in [5, 5.41) is 13.2. The van der Waals surface area contributed by atoms with Crippen molar-refractivity contribution in [1.82, 2.24) is 15.0 Å². The molecule has 2 saturated heterocycles. The van der Waals surface area contributed by atoms with E-state index in [1.807, 2.05) is 6.08 Å². The molecular weight excluding hydrogens is 810 g/mol. The van der Waals surface area contributed by atoms with Crippen LogP contribution in [0.25, 0.3) is 0 Å². The topological polar surface area (TPSA) is 132 Å². The zero-order chi connectivity index (χ0) is 40.7. The number of nitrogens with one attached hydrogen (secondary N) is 1. The summed E-state index contributed by atoms with van der Waals surface area (Å²) in [7, 11) is 2.72. The van der Waals surface area contributed by atoms with Crippen LogP contribution in [0.1, 0.15) is 35.6 Å². The summed E-state index contributed by atoms with van der Waals surface area (Å²) in [5.74, 6) is -7.54. The summed E-state index contributed by atoms with van der Waals surface area (Å²) in [6.45, 7) is 0. The lowest BCUT2D eigenvalue weighted by Crippen LogP contribution is -2.53. The van der Waals surface area contributed by atoms with Crippen LogP contribution in [0.2, 0.25) is 15.1 Å². The predicted molar refractivity (Wildman–Crippen MR) is 203 cm³/mol. The van der Waals surface area contributed by atoms with Crippen molar-refractivity contribution in [2.75, 3.05) is 24.6 Å². The van der Waals surface area contributed by atoms with Crippen LogP contribution < -0.4 is 15.2 Å². The molecule has 6 atom stereocenters. The van der Waals surface area contributed by atoms with Crippen LogP contribution in [0.15, 0.2) is 90.5 Å². The molecule has 1 aromatic heterocycles. The standard InChI is InChI=1S/C40H31Cl3F3N5O6/c1-49(34-28(42)14-16-31(47-34)40(44,45)46)51-35(53)25-13-12-24-26(32(25)37(51)55)18-27-36(54)50(48-30-15-7-21(41)17-29(30)43)38(56)39(27,20-5-10-23(57-2)11-6-20)33(24)19-3-8-22(52)9-4-19/h3-12,14-17,25-27,32-33,48,52H,13,18H2,1-2H3. The van der Waals surface area contributed by atoms with Gasteiger partial charge in [0.25, 0.3) is 23.6 Å². The van der Waals surface area contributed by atoms with Crippen LogP contribution in [0.5, 0.6) is 11.5 Å². The number of allylic oxidation sites excluding steroid dienone is 2. The fourth-order valence-corrected chi connectivity index (χ4v) is 9.75. The maximum absolute atomic E-state index is 15.3. The number of hydrazine groups is 2. The molecule has 3 heterocycles. The zero-order valence-corrected chi connectivity index (χ0v) is 32.2. The normalized spacial score (nSPS) is 25.5. The van der Waals surface area contributed by atoms with Crippen molar-refractivity contribution in [2.45, 2.75) is 30.4 Å². The van der Waals surface area contributed by atoms with Gasteiger partial charge in [-0.15, -0.1) is 0 Å². The van der Waals surface area contributed by atoms with Crippen LogP contribution in [0.3, 0.4) is 0 Å². The lowest BCUT2D eigenvalue weighted by Gasteiger charge is -2.50. The molecule has 3 fully saturated rings. The maximum atomic E-state index is 15.3. The monoisotopic (exact) mass is 839 g/mol. The highest BCUT2D eigenvalue weighted by atomic mass is 35.5. The SMILES string of the molecule is COc1ccc(C23C(=O)N(Nc4ccc(Cl)cc4Cl)C(=O)C2CC2C(=CCC4C(=O)N(N(C)c5nc(C(F)(F)F)ccc5Cl)C(=O)C42)C3c2ccc(O)cc2)cc1. The van der Waals surface area contributed by atoms with E-state index in [-0.39, 0.29) is 34.3 Å². The molecule has 4 amide bonds. The Morgan fingerprint density at radius 1 is 0.895 bits per heavy atom. The Morgan fingerprint density at radius 2 is 1.60 bits per heavy atom. The number of amides is 4. The molecule has 0 radical (unpaired) electrons. The molecule has 2 aliphatic carbocycles. The molecule has 1 saturated carbocycles. The third-order valence-electron chi connectivity index (χ3n) is 11.5. The van der Waals surface area contributed by atoms with Crippen molar-refractivity contribution in [2.24, 2.45) is 23.7 Å². The maximum Gasteiger partial charge on any atom is 0.433 e. The number of benzene rings is 3. The lowest BCUT2D eigenvalue weighted by molar-refractivity contribution is -0.142. The van der Waals surface area contributed by atoms with Gasteiger partial charge in [-0.3, -0.25) is 29.6 Å². The number of alkyl halides is 3. The molecule has 0 spiro atoms. The van der Waals surface area contributed by atoms with Gasteiger partial charge in [-0.25, -0.2) is 4.98 Å². The molecule has 2 aliphatic heterocycles. The second kappa shape index (κ2) is 14.0. The van der Waals surface area contributed by atoms with E-state index in [4.69, 9.17) is 39.5 Å². The van der Waals surface area contributed by atoms with Gasteiger partial charge in [0, 0.05) is 18.0 Å². The number of methoxy groups -OCH3 is 1. The first-order valence-electron chi connectivity index (χ1n) is 17.7. The van der Waals surface area contributed by atoms with Crippen LogP contribution in [-0.2, 0) is 30.8 Å². The number of halogens is 6. The Hall–Kier alpha value is -5.31. The van der Waals surface area contributed by atoms with E-state index in [1.54, 1.807) is 42.5 Å². The molecule has 6 unspecified atom stereocenters. The third kappa shape index (κ3) is 5.99. The number of phenolic OH excluding ortho intramolecular Hbond substituents is 1. The first kappa shape index (κ1) is 38.6. The minimum Gasteiger partial charge on any atom is -0.508 e. The first-order chi connectivity index (χ1) is 27.1. The third-order valence-corrected chi connectivity index (χ3v) is 12.4. The van der Waals surface area contributed by atoms with Crippen molar-refractivity contribution in [3.63, 3.8) is 0 Å². The minimum atomic E-state index is -4.83. The second-order valence-electron chi connectivity index (χ2n) is 14.3. The van der Waals surface area contributed by atoms with Gasteiger partial charge < -0.3 is 9.84 Å². The molecule has 3 aromatic carbocycles. The summed E-state index contributed by atoms with van der Waals surface area (Å²) in [4.78, 5) is 62.7. The number of anilines is 2. The van der Waals surface area contributed by atoms with E-state index < -0.39 is 76.3 Å². The molecule has 11 nitrogen and oxygen atoms in total. The van der Waals surface area contributed by atoms with Crippen LogP contribution in [0, 0.1) is 23.7 Å². The summed E-state index contributed by atoms with van der Waals surface area (Å²) in [6.07, 6.45) is -3.04. The molecule has 0 bridgehead atoms. The molecule has 4 aromatic rings. The fourth-order valence-electron chi connectivity index (χ4n) is 9.08. The van der Waals surface area contributed by atoms with Crippen molar-refractivity contribution in [1.29, 1.82) is 0 Å². The second-order valence-corrected chi connectivity index (χ2v) is 15.6. The molecule has 294 valence electrons. The summed E-state index contributed by atoms with van der Waals surface area (Å²) < 4.78 is 46.5. The fraction of sp³-hybridized carbons (Fsp3) is 0.275. The highest BCUT2D eigenvalue weighted by molar-refractivity contribution is 6.36. The van der Waals surface area contributed by atoms with Gasteiger partial charge in [-0.05, 0) is 84.5 Å². The van der Waals surface area contributed by atoms with Crippen LogP contribution in [-0.4, -0.2) is 57.9 Å². The number of rotatable bonds is 7. The Balaban J connectivity index is 1.28. The smallest absolute Gasteiger partial charge is 0.433 e. The average molecular weight is 841 g/mol. The molecule has 8 rings (SSSR count). The van der Waals surface area contributed by atoms with Gasteiger partial charge in [-0.1, -0.05) is 70.7 Å². The predicted octanol–water partition coefficient (Wildman–Crippen LogP) is 7.81. The first-order valence-corrected chi connectivity index (χ1v) is 18.8. The Labute approximate surface area is 338 Å². The quantitative estimate of drug-likeness (QED) is 0.141. The van der Waals surface area contributed by atoms with E-state index in [2.05, 4.69) is 10.4 Å². The number of ether oxygens (including phenoxy) is 1. The molecular formula is C40H31Cl3F3N5O6. The van der Waals surface area contributed by atoms with Crippen molar-refractivity contribution < 1.29 is 42.2 Å². The van der Waals surface area contributed by atoms with E-state index in [0.29, 0.717) is 33.5 Å². The highest BCUT2D eigenvalue weighted by Gasteiger charge is 2.70. The van der Waals surface area contributed by atoms with Crippen LogP contribution in [0.4, 0.5) is 24.7 Å². The van der Waals surface area contributed by atoms with Gasteiger partial charge in [0.1, 0.15) is 17.2 Å². The van der Waals surface area contributed by atoms with E-state index in [9.17, 15) is 32.7 Å². The Morgan fingerprint density at radius 3 is 2.25 bits per heavy atom. The van der Waals surface area contributed by atoms with Crippen molar-refractivity contribution in [3.05, 3.63) is 122 Å². The highest BCUT2D eigenvalue weighted by Crippen LogP contribution is 2.64. The summed E-state index contributed by atoms with van der Waals surface area (Å²) >= 11 is 18.9. The average Bonchev–Trinajstić information content (AvgIpc) is 3.56. The number of phenols is 1. The molecule has 4 aliphatic rings. The minimum absolute atomic E-state index is 0.0393. The van der Waals surface area contributed by atoms with Gasteiger partial charge in [0.15, 0.2) is 5.82 Å². The summed E-state index contributed by atoms with van der Waals surface area (Å²) in [5.41, 5.74) is 1.86. The Bertz CT molecular complexity index is 2380. The van der Waals surface area contributed by atoms with Crippen molar-refractivity contribution >= 4 is 69.9 Å². The van der Waals surface area contributed by atoms with Gasteiger partial charge in [0.2, 0.25) is 0 Å². The number of fused-ring (bicyclic) bond motifs is 4. The number of nitrogens with zero attached hydrogens (tertiary/aromatic N) is 4. The lowest BCUT2D eigenvalue weighted by atomic mass is 9.49. The zero-order valence-electron chi connectivity index (χ0n) is 29.9. The number of carbonyl (C=O) groups excluding carboxylic acids is 4. The number of aromatic hydroxyl groups is 1.